The second-order valence-corrected chi connectivity index (χ2v) is 6.91. The molecule has 136 valence electrons. The number of fused-ring (bicyclic) bond motifs is 3. The van der Waals surface area contributed by atoms with E-state index in [4.69, 9.17) is 10.2 Å². The fourth-order valence-corrected chi connectivity index (χ4v) is 3.81. The number of carbonyl (C=O) groups is 1. The van der Waals surface area contributed by atoms with Gasteiger partial charge in [-0.15, -0.1) is 0 Å². The normalized spacial score (nSPS) is 20.5. The molecule has 0 bridgehead atoms. The molecular weight excluding hydrogens is 332 g/mol. The molecule has 0 saturated heterocycles. The first kappa shape index (κ1) is 16.8. The number of benzene rings is 1. The lowest BCUT2D eigenvalue weighted by Gasteiger charge is -2.31. The minimum absolute atomic E-state index is 0.0768. The number of amides is 1. The largest absolute Gasteiger partial charge is 0.448 e. The van der Waals surface area contributed by atoms with Crippen molar-refractivity contribution in [1.29, 1.82) is 0 Å². The number of rotatable bonds is 4. The summed E-state index contributed by atoms with van der Waals surface area (Å²) in [5, 5.41) is 3.83. The van der Waals surface area contributed by atoms with Crippen LogP contribution in [0.1, 0.15) is 25.7 Å². The van der Waals surface area contributed by atoms with E-state index in [0.29, 0.717) is 23.6 Å². The zero-order valence-electron chi connectivity index (χ0n) is 14.5. The van der Waals surface area contributed by atoms with Crippen molar-refractivity contribution in [2.45, 2.75) is 38.3 Å². The molecule has 2 atom stereocenters. The van der Waals surface area contributed by atoms with Gasteiger partial charge in [0, 0.05) is 11.4 Å². The number of nitrogens with two attached hydrogens (primary N) is 1. The van der Waals surface area contributed by atoms with Crippen LogP contribution in [-0.4, -0.2) is 28.0 Å². The van der Waals surface area contributed by atoms with Gasteiger partial charge in [-0.1, -0.05) is 25.0 Å². The standard InChI is InChI=1S/C19H22N4O3/c20-9-12-5-1-3-7-14(12)22-16(24)10-23-11-21-17-13-6-2-4-8-15(13)26-18(17)19(23)25/h2,4,6,8,11-12,14H,1,3,5,7,9-10,20H2,(H,22,24). The van der Waals surface area contributed by atoms with Crippen LogP contribution >= 0.6 is 0 Å². The van der Waals surface area contributed by atoms with Gasteiger partial charge < -0.3 is 15.5 Å². The highest BCUT2D eigenvalue weighted by Gasteiger charge is 2.25. The van der Waals surface area contributed by atoms with Crippen LogP contribution in [0.5, 0.6) is 0 Å². The third kappa shape index (κ3) is 2.99. The average molecular weight is 354 g/mol. The smallest absolute Gasteiger partial charge is 0.297 e. The molecule has 0 radical (unpaired) electrons. The highest BCUT2D eigenvalue weighted by Crippen LogP contribution is 2.24. The third-order valence-electron chi connectivity index (χ3n) is 5.22. The Morgan fingerprint density at radius 2 is 2.12 bits per heavy atom. The van der Waals surface area contributed by atoms with E-state index in [2.05, 4.69) is 10.3 Å². The number of hydrogen-bond donors (Lipinski definition) is 2. The maximum Gasteiger partial charge on any atom is 0.297 e. The Bertz CT molecular complexity index is 1010. The van der Waals surface area contributed by atoms with Gasteiger partial charge in [0.25, 0.3) is 5.56 Å². The van der Waals surface area contributed by atoms with Gasteiger partial charge in [-0.3, -0.25) is 14.2 Å². The molecule has 2 unspecified atom stereocenters. The number of nitrogens with zero attached hydrogens (tertiary/aromatic N) is 2. The Morgan fingerprint density at radius 1 is 1.31 bits per heavy atom. The molecule has 0 spiro atoms. The van der Waals surface area contributed by atoms with Crippen LogP contribution in [0.25, 0.3) is 22.1 Å². The molecular formula is C19H22N4O3. The molecule has 2 aromatic heterocycles. The SMILES string of the molecule is NCC1CCCCC1NC(=O)Cn1cnc2c(oc3ccccc32)c1=O. The predicted molar refractivity (Wildman–Crippen MR) is 98.7 cm³/mol. The molecule has 3 aromatic rings. The molecule has 26 heavy (non-hydrogen) atoms. The van der Waals surface area contributed by atoms with Gasteiger partial charge >= 0.3 is 0 Å². The van der Waals surface area contributed by atoms with Crippen molar-refractivity contribution in [3.05, 3.63) is 40.9 Å². The summed E-state index contributed by atoms with van der Waals surface area (Å²) in [6.07, 6.45) is 5.62. The van der Waals surface area contributed by atoms with Crippen LogP contribution in [0.3, 0.4) is 0 Å². The third-order valence-corrected chi connectivity index (χ3v) is 5.22. The summed E-state index contributed by atoms with van der Waals surface area (Å²) in [6.45, 7) is 0.490. The molecule has 1 aliphatic carbocycles. The van der Waals surface area contributed by atoms with Crippen molar-refractivity contribution in [2.75, 3.05) is 6.54 Å². The van der Waals surface area contributed by atoms with Gasteiger partial charge in [-0.05, 0) is 37.4 Å². The maximum atomic E-state index is 12.7. The molecule has 1 amide bonds. The first-order valence-corrected chi connectivity index (χ1v) is 9.03. The van der Waals surface area contributed by atoms with Crippen LogP contribution in [0.2, 0.25) is 0 Å². The lowest BCUT2D eigenvalue weighted by atomic mass is 9.84. The molecule has 1 aromatic carbocycles. The first-order chi connectivity index (χ1) is 12.7. The van der Waals surface area contributed by atoms with Crippen molar-refractivity contribution in [3.8, 4) is 0 Å². The van der Waals surface area contributed by atoms with E-state index in [1.165, 1.54) is 10.9 Å². The number of carbonyl (C=O) groups excluding carboxylic acids is 1. The highest BCUT2D eigenvalue weighted by molar-refractivity contribution is 6.01. The summed E-state index contributed by atoms with van der Waals surface area (Å²) < 4.78 is 6.94. The first-order valence-electron chi connectivity index (χ1n) is 9.03. The second kappa shape index (κ2) is 6.92. The Hall–Kier alpha value is -2.67. The van der Waals surface area contributed by atoms with Crippen LogP contribution in [0.4, 0.5) is 0 Å². The molecule has 1 saturated carbocycles. The molecule has 7 heteroatoms. The van der Waals surface area contributed by atoms with Crippen molar-refractivity contribution >= 4 is 28.0 Å². The highest BCUT2D eigenvalue weighted by atomic mass is 16.3. The van der Waals surface area contributed by atoms with Gasteiger partial charge in [0.15, 0.2) is 0 Å². The van der Waals surface area contributed by atoms with Gasteiger partial charge in [0.1, 0.15) is 17.6 Å². The summed E-state index contributed by atoms with van der Waals surface area (Å²) in [5.41, 5.74) is 6.79. The summed E-state index contributed by atoms with van der Waals surface area (Å²) in [5.74, 6) is 0.107. The van der Waals surface area contributed by atoms with Crippen LogP contribution in [0, 0.1) is 5.92 Å². The van der Waals surface area contributed by atoms with Crippen molar-refractivity contribution in [3.63, 3.8) is 0 Å². The molecule has 2 heterocycles. The Kier molecular flexibility index (Phi) is 4.46. The van der Waals surface area contributed by atoms with Gasteiger partial charge in [0.2, 0.25) is 11.5 Å². The van der Waals surface area contributed by atoms with E-state index in [9.17, 15) is 9.59 Å². The predicted octanol–water partition coefficient (Wildman–Crippen LogP) is 1.78. The van der Waals surface area contributed by atoms with Crippen molar-refractivity contribution in [1.82, 2.24) is 14.9 Å². The molecule has 0 aliphatic heterocycles. The number of nitrogens with one attached hydrogen (secondary N) is 1. The Labute approximate surface area is 150 Å². The molecule has 3 N–H and O–H groups in total. The molecule has 7 nitrogen and oxygen atoms in total. The van der Waals surface area contributed by atoms with E-state index < -0.39 is 0 Å². The molecule has 1 fully saturated rings. The lowest BCUT2D eigenvalue weighted by Crippen LogP contribution is -2.46. The molecule has 4 rings (SSSR count). The maximum absolute atomic E-state index is 12.7. The fourth-order valence-electron chi connectivity index (χ4n) is 3.81. The van der Waals surface area contributed by atoms with Gasteiger partial charge in [-0.25, -0.2) is 4.98 Å². The summed E-state index contributed by atoms with van der Waals surface area (Å²) in [6, 6.07) is 7.45. The molecule has 1 aliphatic rings. The number of aromatic nitrogens is 2. The summed E-state index contributed by atoms with van der Waals surface area (Å²) >= 11 is 0. The van der Waals surface area contributed by atoms with E-state index in [1.807, 2.05) is 18.2 Å². The lowest BCUT2D eigenvalue weighted by molar-refractivity contribution is -0.123. The van der Waals surface area contributed by atoms with E-state index in [0.717, 1.165) is 31.1 Å². The van der Waals surface area contributed by atoms with E-state index in [1.54, 1.807) is 6.07 Å². The van der Waals surface area contributed by atoms with Crippen LogP contribution in [-0.2, 0) is 11.3 Å². The average Bonchev–Trinajstić information content (AvgIpc) is 3.04. The number of para-hydroxylation sites is 1. The van der Waals surface area contributed by atoms with E-state index in [-0.39, 0.29) is 29.6 Å². The zero-order chi connectivity index (χ0) is 18.1. The second-order valence-electron chi connectivity index (χ2n) is 6.91. The Morgan fingerprint density at radius 3 is 2.96 bits per heavy atom. The zero-order valence-corrected chi connectivity index (χ0v) is 14.5. The summed E-state index contributed by atoms with van der Waals surface area (Å²) in [7, 11) is 0. The minimum Gasteiger partial charge on any atom is -0.448 e. The van der Waals surface area contributed by atoms with E-state index >= 15 is 0 Å². The van der Waals surface area contributed by atoms with Gasteiger partial charge in [-0.2, -0.15) is 0 Å². The van der Waals surface area contributed by atoms with Crippen LogP contribution < -0.4 is 16.6 Å². The van der Waals surface area contributed by atoms with Gasteiger partial charge in [0.05, 0.1) is 6.33 Å². The number of hydrogen-bond acceptors (Lipinski definition) is 5. The fraction of sp³-hybridized carbons (Fsp3) is 0.421. The van der Waals surface area contributed by atoms with Crippen LogP contribution in [0.15, 0.2) is 39.8 Å². The topological polar surface area (TPSA) is 103 Å². The Balaban J connectivity index is 1.57. The monoisotopic (exact) mass is 354 g/mol. The van der Waals surface area contributed by atoms with Crippen molar-refractivity contribution in [2.24, 2.45) is 11.7 Å². The quantitative estimate of drug-likeness (QED) is 0.743. The van der Waals surface area contributed by atoms with Crippen molar-refractivity contribution < 1.29 is 9.21 Å². The minimum atomic E-state index is -0.347. The summed E-state index contributed by atoms with van der Waals surface area (Å²) in [4.78, 5) is 29.4. The number of furan rings is 1.